The van der Waals surface area contributed by atoms with Crippen LogP contribution in [0.15, 0.2) is 60.8 Å². The third-order valence-electron chi connectivity index (χ3n) is 6.13. The van der Waals surface area contributed by atoms with Crippen LogP contribution in [0.1, 0.15) is 24.0 Å². The summed E-state index contributed by atoms with van der Waals surface area (Å²) < 4.78 is 1.82. The summed E-state index contributed by atoms with van der Waals surface area (Å²) in [4.78, 5) is 12.1. The van der Waals surface area contributed by atoms with E-state index in [1.807, 2.05) is 17.9 Å². The van der Waals surface area contributed by atoms with Gasteiger partial charge in [0.2, 0.25) is 5.95 Å². The number of piperidine rings is 1. The molecule has 0 unspecified atom stereocenters. The number of benzene rings is 2. The monoisotopic (exact) mass is 412 g/mol. The molecule has 0 amide bonds. The summed E-state index contributed by atoms with van der Waals surface area (Å²) in [6.45, 7) is 4.05. The molecule has 0 bridgehead atoms. The van der Waals surface area contributed by atoms with Gasteiger partial charge in [-0.2, -0.15) is 15.1 Å². The van der Waals surface area contributed by atoms with Gasteiger partial charge >= 0.3 is 0 Å². The van der Waals surface area contributed by atoms with Crippen molar-refractivity contribution in [3.8, 4) is 0 Å². The molecule has 1 aliphatic rings. The van der Waals surface area contributed by atoms with E-state index < -0.39 is 0 Å². The van der Waals surface area contributed by atoms with E-state index >= 15 is 0 Å². The Kier molecular flexibility index (Phi) is 5.28. The van der Waals surface area contributed by atoms with Gasteiger partial charge in [-0.05, 0) is 55.4 Å². The van der Waals surface area contributed by atoms with Gasteiger partial charge in [-0.1, -0.05) is 42.5 Å². The predicted molar refractivity (Wildman–Crippen MR) is 126 cm³/mol. The minimum absolute atomic E-state index is 0.712. The lowest BCUT2D eigenvalue weighted by Gasteiger charge is -2.32. The van der Waals surface area contributed by atoms with Crippen LogP contribution in [0.25, 0.3) is 11.0 Å². The lowest BCUT2D eigenvalue weighted by atomic mass is 9.90. The average molecular weight is 413 g/mol. The van der Waals surface area contributed by atoms with E-state index in [-0.39, 0.29) is 0 Å². The van der Waals surface area contributed by atoms with Crippen LogP contribution in [0.5, 0.6) is 0 Å². The first kappa shape index (κ1) is 19.5. The highest BCUT2D eigenvalue weighted by atomic mass is 15.3. The Morgan fingerprint density at radius 3 is 2.58 bits per heavy atom. The number of aromatic nitrogens is 4. The molecule has 0 spiro atoms. The molecule has 31 heavy (non-hydrogen) atoms. The van der Waals surface area contributed by atoms with Crippen molar-refractivity contribution in [3.63, 3.8) is 0 Å². The van der Waals surface area contributed by atoms with E-state index in [2.05, 4.69) is 76.8 Å². The smallest absolute Gasteiger partial charge is 0.229 e. The van der Waals surface area contributed by atoms with Gasteiger partial charge in [-0.25, -0.2) is 0 Å². The van der Waals surface area contributed by atoms with Gasteiger partial charge in [0.25, 0.3) is 0 Å². The van der Waals surface area contributed by atoms with Crippen LogP contribution in [0.2, 0.25) is 0 Å². The quantitative estimate of drug-likeness (QED) is 0.507. The first-order valence-corrected chi connectivity index (χ1v) is 11.0. The largest absolute Gasteiger partial charge is 0.341 e. The minimum atomic E-state index is 0.712. The van der Waals surface area contributed by atoms with Gasteiger partial charge in [0.05, 0.1) is 11.6 Å². The Bertz CT molecular complexity index is 1180. The molecule has 3 heterocycles. The zero-order valence-corrected chi connectivity index (χ0v) is 18.1. The first-order chi connectivity index (χ1) is 15.2. The Morgan fingerprint density at radius 1 is 1.00 bits per heavy atom. The zero-order valence-electron chi connectivity index (χ0n) is 18.1. The van der Waals surface area contributed by atoms with Gasteiger partial charge in [0.15, 0.2) is 5.65 Å². The van der Waals surface area contributed by atoms with E-state index in [4.69, 9.17) is 9.97 Å². The summed E-state index contributed by atoms with van der Waals surface area (Å²) in [6, 6.07) is 19.1. The predicted octanol–water partition coefficient (Wildman–Crippen LogP) is 4.87. The number of hydrogen-bond acceptors (Lipinski definition) is 5. The molecule has 0 atom stereocenters. The Hall–Kier alpha value is -3.41. The van der Waals surface area contributed by atoms with Crippen molar-refractivity contribution in [1.29, 1.82) is 0 Å². The minimum Gasteiger partial charge on any atom is -0.341 e. The fraction of sp³-hybridized carbons (Fsp3) is 0.320. The second-order valence-corrected chi connectivity index (χ2v) is 8.49. The maximum atomic E-state index is 4.92. The van der Waals surface area contributed by atoms with Crippen LogP contribution in [0.4, 0.5) is 17.5 Å². The third kappa shape index (κ3) is 4.24. The fourth-order valence-electron chi connectivity index (χ4n) is 4.39. The number of anilines is 3. The van der Waals surface area contributed by atoms with Crippen molar-refractivity contribution in [3.05, 3.63) is 71.9 Å². The number of hydrogen-bond donors (Lipinski definition) is 1. The molecule has 2 aromatic carbocycles. The SMILES string of the molecule is Cc1cccc(Nc2nc(N3CCC(Cc4ccccc4)CC3)nc3c2cnn3C)c1. The van der Waals surface area contributed by atoms with Gasteiger partial charge in [-0.15, -0.1) is 0 Å². The highest BCUT2D eigenvalue weighted by molar-refractivity contribution is 5.89. The summed E-state index contributed by atoms with van der Waals surface area (Å²) >= 11 is 0. The number of nitrogens with zero attached hydrogens (tertiary/aromatic N) is 5. The van der Waals surface area contributed by atoms with Crippen LogP contribution in [0.3, 0.4) is 0 Å². The fourth-order valence-corrected chi connectivity index (χ4v) is 4.39. The molecule has 6 heteroatoms. The van der Waals surface area contributed by atoms with Gasteiger partial charge < -0.3 is 10.2 Å². The molecule has 158 valence electrons. The molecule has 1 N–H and O–H groups in total. The lowest BCUT2D eigenvalue weighted by Crippen LogP contribution is -2.35. The highest BCUT2D eigenvalue weighted by Gasteiger charge is 2.23. The number of nitrogens with one attached hydrogen (secondary N) is 1. The molecule has 0 radical (unpaired) electrons. The molecule has 1 aliphatic heterocycles. The van der Waals surface area contributed by atoms with Crippen LogP contribution in [0, 0.1) is 12.8 Å². The van der Waals surface area contributed by atoms with Gasteiger partial charge in [-0.3, -0.25) is 4.68 Å². The molecule has 1 fully saturated rings. The molecule has 1 saturated heterocycles. The average Bonchev–Trinajstić information content (AvgIpc) is 3.16. The van der Waals surface area contributed by atoms with E-state index in [1.54, 1.807) is 0 Å². The molecule has 0 saturated carbocycles. The molecule has 0 aliphatic carbocycles. The summed E-state index contributed by atoms with van der Waals surface area (Å²) in [5.74, 6) is 2.30. The topological polar surface area (TPSA) is 58.9 Å². The Labute approximate surface area is 182 Å². The molecule has 6 nitrogen and oxygen atoms in total. The van der Waals surface area contributed by atoms with Crippen molar-refractivity contribution >= 4 is 28.5 Å². The van der Waals surface area contributed by atoms with Crippen molar-refractivity contribution in [2.45, 2.75) is 26.2 Å². The van der Waals surface area contributed by atoms with Gasteiger partial charge in [0.1, 0.15) is 5.82 Å². The van der Waals surface area contributed by atoms with Crippen LogP contribution < -0.4 is 10.2 Å². The van der Waals surface area contributed by atoms with Crippen molar-refractivity contribution in [2.75, 3.05) is 23.3 Å². The van der Waals surface area contributed by atoms with Crippen molar-refractivity contribution in [1.82, 2.24) is 19.7 Å². The number of rotatable bonds is 5. The lowest BCUT2D eigenvalue weighted by molar-refractivity contribution is 0.401. The van der Waals surface area contributed by atoms with E-state index in [1.165, 1.54) is 11.1 Å². The standard InChI is InChI=1S/C25H28N6/c1-18-7-6-10-21(15-18)27-23-22-17-26-30(2)24(22)29-25(28-23)31-13-11-20(12-14-31)16-19-8-4-3-5-9-19/h3-10,15,17,20H,11-14,16H2,1-2H3,(H,27,28,29). The van der Waals surface area contributed by atoms with E-state index in [0.29, 0.717) is 5.92 Å². The molecule has 2 aromatic heterocycles. The zero-order chi connectivity index (χ0) is 21.2. The number of fused-ring (bicyclic) bond motifs is 1. The maximum Gasteiger partial charge on any atom is 0.229 e. The summed E-state index contributed by atoms with van der Waals surface area (Å²) in [5.41, 5.74) is 4.52. The molecular weight excluding hydrogens is 384 g/mol. The highest BCUT2D eigenvalue weighted by Crippen LogP contribution is 2.29. The number of aryl methyl sites for hydroxylation is 2. The Morgan fingerprint density at radius 2 is 1.81 bits per heavy atom. The summed E-state index contributed by atoms with van der Waals surface area (Å²) in [6.07, 6.45) is 5.30. The maximum absolute atomic E-state index is 4.92. The third-order valence-corrected chi connectivity index (χ3v) is 6.13. The van der Waals surface area contributed by atoms with Crippen molar-refractivity contribution < 1.29 is 0 Å². The molecule has 5 rings (SSSR count). The van der Waals surface area contributed by atoms with Crippen LogP contribution >= 0.6 is 0 Å². The summed E-state index contributed by atoms with van der Waals surface area (Å²) in [5, 5.41) is 8.84. The van der Waals surface area contributed by atoms with E-state index in [9.17, 15) is 0 Å². The first-order valence-electron chi connectivity index (χ1n) is 11.0. The molecular formula is C25H28N6. The second-order valence-electron chi connectivity index (χ2n) is 8.49. The summed E-state index contributed by atoms with van der Waals surface area (Å²) in [7, 11) is 1.93. The van der Waals surface area contributed by atoms with E-state index in [0.717, 1.165) is 60.8 Å². The normalized spacial score (nSPS) is 14.8. The van der Waals surface area contributed by atoms with Gasteiger partial charge in [0, 0.05) is 25.8 Å². The molecule has 4 aromatic rings. The van der Waals surface area contributed by atoms with Crippen molar-refractivity contribution in [2.24, 2.45) is 13.0 Å². The second kappa shape index (κ2) is 8.38. The van der Waals surface area contributed by atoms with Crippen LogP contribution in [-0.4, -0.2) is 32.8 Å². The Balaban J connectivity index is 1.37. The van der Waals surface area contributed by atoms with Crippen LogP contribution in [-0.2, 0) is 13.5 Å².